The van der Waals surface area contributed by atoms with Crippen molar-refractivity contribution in [3.63, 3.8) is 0 Å². The van der Waals surface area contributed by atoms with E-state index in [9.17, 15) is 9.59 Å². The van der Waals surface area contributed by atoms with E-state index in [0.29, 0.717) is 21.8 Å². The fourth-order valence-electron chi connectivity index (χ4n) is 3.86. The van der Waals surface area contributed by atoms with Gasteiger partial charge in [-0.2, -0.15) is 0 Å². The zero-order valence-corrected chi connectivity index (χ0v) is 20.9. The third kappa shape index (κ3) is 6.97. The summed E-state index contributed by atoms with van der Waals surface area (Å²) >= 11 is 9.39. The number of rotatable bonds is 8. The number of carbonyl (C=O) groups excluding carboxylic acids is 2. The Balaban J connectivity index is 1.71. The molecule has 1 saturated carbocycles. The molecule has 0 aliphatic heterocycles. The second-order valence-corrected chi connectivity index (χ2v) is 9.68. The minimum atomic E-state index is -0.608. The van der Waals surface area contributed by atoms with Crippen molar-refractivity contribution in [1.29, 1.82) is 0 Å². The number of halogens is 2. The van der Waals surface area contributed by atoms with E-state index in [-0.39, 0.29) is 24.5 Å². The lowest BCUT2D eigenvalue weighted by Gasteiger charge is -2.31. The largest absolute Gasteiger partial charge is 0.483 e. The van der Waals surface area contributed by atoms with E-state index in [1.807, 2.05) is 31.2 Å². The summed E-state index contributed by atoms with van der Waals surface area (Å²) in [6, 6.07) is 12.7. The lowest BCUT2D eigenvalue weighted by atomic mass is 9.95. The number of hydrogen-bond donors (Lipinski definition) is 1. The molecule has 0 spiro atoms. The minimum Gasteiger partial charge on any atom is -0.483 e. The Hall–Kier alpha value is -2.05. The van der Waals surface area contributed by atoms with Crippen molar-refractivity contribution in [2.24, 2.45) is 0 Å². The molecule has 0 unspecified atom stereocenters. The first-order valence-corrected chi connectivity index (χ1v) is 12.2. The van der Waals surface area contributed by atoms with Gasteiger partial charge in [0.1, 0.15) is 11.8 Å². The van der Waals surface area contributed by atoms with Gasteiger partial charge in [0.15, 0.2) is 6.61 Å². The van der Waals surface area contributed by atoms with Gasteiger partial charge >= 0.3 is 0 Å². The third-order valence-electron chi connectivity index (χ3n) is 5.84. The molecule has 1 atom stereocenters. The zero-order valence-electron chi connectivity index (χ0n) is 18.6. The molecule has 172 valence electrons. The van der Waals surface area contributed by atoms with Crippen molar-refractivity contribution in [3.05, 3.63) is 63.1 Å². The number of amides is 2. The van der Waals surface area contributed by atoms with E-state index < -0.39 is 6.04 Å². The van der Waals surface area contributed by atoms with E-state index in [0.717, 1.165) is 36.8 Å². The molecular formula is C25H30BrClN2O3. The van der Waals surface area contributed by atoms with Gasteiger partial charge in [-0.3, -0.25) is 9.59 Å². The Kier molecular flexibility index (Phi) is 9.00. The minimum absolute atomic E-state index is 0.120. The normalized spacial score (nSPS) is 15.1. The molecule has 1 fully saturated rings. The van der Waals surface area contributed by atoms with Gasteiger partial charge in [0.25, 0.3) is 5.91 Å². The van der Waals surface area contributed by atoms with Crippen LogP contribution in [0.25, 0.3) is 0 Å². The van der Waals surface area contributed by atoms with Gasteiger partial charge in [-0.05, 0) is 66.4 Å². The molecule has 32 heavy (non-hydrogen) atoms. The predicted octanol–water partition coefficient (Wildman–Crippen LogP) is 5.66. The topological polar surface area (TPSA) is 58.6 Å². The van der Waals surface area contributed by atoms with Crippen LogP contribution in [0.4, 0.5) is 0 Å². The number of benzene rings is 2. The summed E-state index contributed by atoms with van der Waals surface area (Å²) in [4.78, 5) is 27.8. The molecule has 1 N–H and O–H groups in total. The zero-order chi connectivity index (χ0) is 23.1. The maximum Gasteiger partial charge on any atom is 0.261 e. The summed E-state index contributed by atoms with van der Waals surface area (Å²) in [5, 5.41) is 3.72. The SMILES string of the molecule is Cc1ccc(CN(C(=O)COc2ccc(Cl)cc2Br)[C@H](C)C(=O)NC2CCCCC2)cc1. The van der Waals surface area contributed by atoms with Crippen LogP contribution < -0.4 is 10.1 Å². The van der Waals surface area contributed by atoms with Crippen LogP contribution in [0.1, 0.15) is 50.2 Å². The fourth-order valence-corrected chi connectivity index (χ4v) is 4.65. The maximum absolute atomic E-state index is 13.2. The molecule has 3 rings (SSSR count). The molecule has 0 radical (unpaired) electrons. The number of ether oxygens (including phenoxy) is 1. The molecule has 2 aromatic rings. The number of nitrogens with zero attached hydrogens (tertiary/aromatic N) is 1. The molecule has 0 heterocycles. The standard InChI is InChI=1S/C25H30BrClN2O3/c1-17-8-10-19(11-9-17)15-29(18(2)25(31)28-21-6-4-3-5-7-21)24(30)16-32-23-13-12-20(27)14-22(23)26/h8-14,18,21H,3-7,15-16H2,1-2H3,(H,28,31)/t18-/m1/s1. The van der Waals surface area contributed by atoms with Gasteiger partial charge < -0.3 is 15.0 Å². The van der Waals surface area contributed by atoms with Crippen LogP contribution in [-0.4, -0.2) is 35.4 Å². The monoisotopic (exact) mass is 520 g/mol. The first kappa shape index (κ1) is 24.6. The van der Waals surface area contributed by atoms with Crippen LogP contribution in [0.15, 0.2) is 46.9 Å². The van der Waals surface area contributed by atoms with Gasteiger partial charge in [-0.15, -0.1) is 0 Å². The molecule has 2 amide bonds. The number of carbonyl (C=O) groups is 2. The van der Waals surface area contributed by atoms with Crippen molar-refractivity contribution in [1.82, 2.24) is 10.2 Å². The first-order valence-electron chi connectivity index (χ1n) is 11.1. The Bertz CT molecular complexity index is 929. The lowest BCUT2D eigenvalue weighted by Crippen LogP contribution is -2.51. The Morgan fingerprint density at radius 1 is 1.16 bits per heavy atom. The van der Waals surface area contributed by atoms with Crippen molar-refractivity contribution in [2.45, 2.75) is 64.6 Å². The molecular weight excluding hydrogens is 492 g/mol. The van der Waals surface area contributed by atoms with E-state index in [4.69, 9.17) is 16.3 Å². The Labute approximate surface area is 203 Å². The highest BCUT2D eigenvalue weighted by molar-refractivity contribution is 9.10. The highest BCUT2D eigenvalue weighted by Crippen LogP contribution is 2.28. The average molecular weight is 522 g/mol. The van der Waals surface area contributed by atoms with Crippen LogP contribution in [0.3, 0.4) is 0 Å². The molecule has 1 aliphatic rings. The van der Waals surface area contributed by atoms with Crippen molar-refractivity contribution in [3.8, 4) is 5.75 Å². The van der Waals surface area contributed by atoms with E-state index in [1.165, 1.54) is 6.42 Å². The second-order valence-electron chi connectivity index (χ2n) is 8.39. The van der Waals surface area contributed by atoms with Crippen LogP contribution in [0.2, 0.25) is 5.02 Å². The maximum atomic E-state index is 13.2. The smallest absolute Gasteiger partial charge is 0.261 e. The summed E-state index contributed by atoms with van der Waals surface area (Å²) in [6.07, 6.45) is 5.48. The summed E-state index contributed by atoms with van der Waals surface area (Å²) in [7, 11) is 0. The highest BCUT2D eigenvalue weighted by Gasteiger charge is 2.28. The van der Waals surface area contributed by atoms with Gasteiger partial charge in [0, 0.05) is 17.6 Å². The molecule has 0 saturated heterocycles. The molecule has 7 heteroatoms. The third-order valence-corrected chi connectivity index (χ3v) is 6.69. The van der Waals surface area contributed by atoms with E-state index in [2.05, 4.69) is 21.2 Å². The van der Waals surface area contributed by atoms with Crippen molar-refractivity contribution in [2.75, 3.05) is 6.61 Å². The summed E-state index contributed by atoms with van der Waals surface area (Å²) in [5.74, 6) is 0.154. The van der Waals surface area contributed by atoms with Gasteiger partial charge in [-0.25, -0.2) is 0 Å². The molecule has 0 bridgehead atoms. The lowest BCUT2D eigenvalue weighted by molar-refractivity contribution is -0.142. The molecule has 2 aromatic carbocycles. The predicted molar refractivity (Wildman–Crippen MR) is 131 cm³/mol. The molecule has 1 aliphatic carbocycles. The van der Waals surface area contributed by atoms with Crippen LogP contribution in [0, 0.1) is 6.92 Å². The Morgan fingerprint density at radius 3 is 2.50 bits per heavy atom. The van der Waals surface area contributed by atoms with Gasteiger partial charge in [-0.1, -0.05) is 60.7 Å². The summed E-state index contributed by atoms with van der Waals surface area (Å²) < 4.78 is 6.42. The van der Waals surface area contributed by atoms with Crippen LogP contribution in [0.5, 0.6) is 5.75 Å². The fraction of sp³-hybridized carbons (Fsp3) is 0.440. The van der Waals surface area contributed by atoms with Crippen molar-refractivity contribution >= 4 is 39.3 Å². The summed E-state index contributed by atoms with van der Waals surface area (Å²) in [6.45, 7) is 3.96. The number of aryl methyl sites for hydroxylation is 1. The Morgan fingerprint density at radius 2 is 1.84 bits per heavy atom. The summed E-state index contributed by atoms with van der Waals surface area (Å²) in [5.41, 5.74) is 2.11. The number of nitrogens with one attached hydrogen (secondary N) is 1. The average Bonchev–Trinajstić information content (AvgIpc) is 2.78. The highest BCUT2D eigenvalue weighted by atomic mass is 79.9. The molecule has 0 aromatic heterocycles. The quantitative estimate of drug-likeness (QED) is 0.488. The van der Waals surface area contributed by atoms with Gasteiger partial charge in [0.05, 0.1) is 4.47 Å². The number of hydrogen-bond acceptors (Lipinski definition) is 3. The van der Waals surface area contributed by atoms with E-state index in [1.54, 1.807) is 30.0 Å². The van der Waals surface area contributed by atoms with Gasteiger partial charge in [0.2, 0.25) is 5.91 Å². The van der Waals surface area contributed by atoms with E-state index >= 15 is 0 Å². The van der Waals surface area contributed by atoms with Crippen LogP contribution in [-0.2, 0) is 16.1 Å². The molecule has 5 nitrogen and oxygen atoms in total. The first-order chi connectivity index (χ1) is 15.3. The van der Waals surface area contributed by atoms with Crippen molar-refractivity contribution < 1.29 is 14.3 Å². The van der Waals surface area contributed by atoms with Crippen LogP contribution >= 0.6 is 27.5 Å². The second kappa shape index (κ2) is 11.7.